The van der Waals surface area contributed by atoms with Gasteiger partial charge in [-0.1, -0.05) is 30.3 Å². The first-order chi connectivity index (χ1) is 11.8. The number of fused-ring (bicyclic) bond motifs is 1. The third-order valence-corrected chi connectivity index (χ3v) is 5.43. The summed E-state index contributed by atoms with van der Waals surface area (Å²) in [6, 6.07) is 10.3. The summed E-state index contributed by atoms with van der Waals surface area (Å²) in [6.45, 7) is 5.08. The molecule has 1 aromatic rings. The molecular formula is C19H26N2O3. The third kappa shape index (κ3) is 3.48. The molecule has 3 aliphatic rings. The fourth-order valence-corrected chi connectivity index (χ4v) is 4.12. The van der Waals surface area contributed by atoms with Crippen molar-refractivity contribution in [3.05, 3.63) is 35.9 Å². The second-order valence-electron chi connectivity index (χ2n) is 7.07. The minimum Gasteiger partial charge on any atom is -0.377 e. The summed E-state index contributed by atoms with van der Waals surface area (Å²) in [5, 5.41) is 0. The Labute approximate surface area is 143 Å². The van der Waals surface area contributed by atoms with Gasteiger partial charge in [-0.15, -0.1) is 0 Å². The summed E-state index contributed by atoms with van der Waals surface area (Å²) in [4.78, 5) is 17.1. The van der Waals surface area contributed by atoms with Crippen LogP contribution >= 0.6 is 0 Å². The van der Waals surface area contributed by atoms with E-state index in [-0.39, 0.29) is 12.0 Å². The summed E-state index contributed by atoms with van der Waals surface area (Å²) >= 11 is 0. The molecule has 1 amide bonds. The zero-order valence-corrected chi connectivity index (χ0v) is 14.1. The van der Waals surface area contributed by atoms with Crippen LogP contribution in [0, 0.1) is 0 Å². The van der Waals surface area contributed by atoms with E-state index < -0.39 is 0 Å². The number of hydrogen-bond acceptors (Lipinski definition) is 4. The molecule has 5 heteroatoms. The maximum absolute atomic E-state index is 12.6. The third-order valence-electron chi connectivity index (χ3n) is 5.43. The van der Waals surface area contributed by atoms with Gasteiger partial charge in [0.05, 0.1) is 31.3 Å². The second-order valence-corrected chi connectivity index (χ2v) is 7.07. The topological polar surface area (TPSA) is 42.0 Å². The van der Waals surface area contributed by atoms with Gasteiger partial charge in [-0.3, -0.25) is 9.69 Å². The Morgan fingerprint density at radius 2 is 2.00 bits per heavy atom. The lowest BCUT2D eigenvalue weighted by Gasteiger charge is -2.37. The van der Waals surface area contributed by atoms with Crippen LogP contribution in [0.1, 0.15) is 18.4 Å². The van der Waals surface area contributed by atoms with E-state index in [0.29, 0.717) is 18.6 Å². The molecule has 1 aromatic carbocycles. The SMILES string of the molecule is O=C(Cc1ccccc1)N1C[C@@H]2OCCN(CC3CCCO3)[C@@H]2C1. The molecule has 0 radical (unpaired) electrons. The molecule has 3 fully saturated rings. The van der Waals surface area contributed by atoms with Crippen molar-refractivity contribution in [2.24, 2.45) is 0 Å². The number of morpholine rings is 1. The van der Waals surface area contributed by atoms with Crippen molar-refractivity contribution in [1.29, 1.82) is 0 Å². The molecule has 3 saturated heterocycles. The lowest BCUT2D eigenvalue weighted by atomic mass is 10.1. The summed E-state index contributed by atoms with van der Waals surface area (Å²) in [5.74, 6) is 0.205. The standard InChI is InChI=1S/C19H26N2O3/c22-19(11-15-5-2-1-3-6-15)21-13-17-18(14-21)24-10-8-20(17)12-16-7-4-9-23-16/h1-3,5-6,16-18H,4,7-14H2/t16?,17-,18+/m1/s1. The molecule has 0 saturated carbocycles. The molecule has 3 aliphatic heterocycles. The molecule has 130 valence electrons. The Balaban J connectivity index is 1.37. The van der Waals surface area contributed by atoms with Gasteiger partial charge in [-0.25, -0.2) is 0 Å². The molecule has 24 heavy (non-hydrogen) atoms. The fourth-order valence-electron chi connectivity index (χ4n) is 4.12. The average molecular weight is 330 g/mol. The Morgan fingerprint density at radius 1 is 1.12 bits per heavy atom. The molecule has 0 bridgehead atoms. The first-order valence-electron chi connectivity index (χ1n) is 9.08. The van der Waals surface area contributed by atoms with Gasteiger partial charge in [0.25, 0.3) is 0 Å². The number of likely N-dealkylation sites (tertiary alicyclic amines) is 1. The Morgan fingerprint density at radius 3 is 2.79 bits per heavy atom. The largest absolute Gasteiger partial charge is 0.377 e. The van der Waals surface area contributed by atoms with Crippen molar-refractivity contribution in [3.8, 4) is 0 Å². The minimum atomic E-state index is 0.153. The van der Waals surface area contributed by atoms with Gasteiger partial charge in [0.15, 0.2) is 0 Å². The van der Waals surface area contributed by atoms with Gasteiger partial charge in [0.2, 0.25) is 5.91 Å². The highest BCUT2D eigenvalue weighted by Crippen LogP contribution is 2.25. The van der Waals surface area contributed by atoms with E-state index >= 15 is 0 Å². The van der Waals surface area contributed by atoms with Crippen LogP contribution < -0.4 is 0 Å². The van der Waals surface area contributed by atoms with Gasteiger partial charge < -0.3 is 14.4 Å². The van der Waals surface area contributed by atoms with E-state index in [1.807, 2.05) is 35.2 Å². The quantitative estimate of drug-likeness (QED) is 0.835. The average Bonchev–Trinajstić information content (AvgIpc) is 3.25. The fraction of sp³-hybridized carbons (Fsp3) is 0.632. The summed E-state index contributed by atoms with van der Waals surface area (Å²) in [6.07, 6.45) is 3.32. The van der Waals surface area contributed by atoms with Crippen LogP contribution in [0.25, 0.3) is 0 Å². The summed E-state index contributed by atoms with van der Waals surface area (Å²) < 4.78 is 11.7. The number of nitrogens with zero attached hydrogens (tertiary/aromatic N) is 2. The monoisotopic (exact) mass is 330 g/mol. The second kappa shape index (κ2) is 7.21. The maximum Gasteiger partial charge on any atom is 0.227 e. The van der Waals surface area contributed by atoms with Gasteiger partial charge in [-0.2, -0.15) is 0 Å². The molecule has 5 nitrogen and oxygen atoms in total. The van der Waals surface area contributed by atoms with Crippen molar-refractivity contribution in [1.82, 2.24) is 9.80 Å². The first kappa shape index (κ1) is 16.1. The van der Waals surface area contributed by atoms with E-state index in [4.69, 9.17) is 9.47 Å². The molecule has 3 heterocycles. The van der Waals surface area contributed by atoms with Crippen molar-refractivity contribution < 1.29 is 14.3 Å². The number of carbonyl (C=O) groups excluding carboxylic acids is 1. The molecule has 3 atom stereocenters. The Hall–Kier alpha value is -1.43. The number of benzene rings is 1. The van der Waals surface area contributed by atoms with E-state index in [9.17, 15) is 4.79 Å². The van der Waals surface area contributed by atoms with Crippen LogP contribution in [0.2, 0.25) is 0 Å². The number of amides is 1. The zero-order chi connectivity index (χ0) is 16.4. The molecule has 0 N–H and O–H groups in total. The normalized spacial score (nSPS) is 30.5. The van der Waals surface area contributed by atoms with Crippen molar-refractivity contribution in [3.63, 3.8) is 0 Å². The maximum atomic E-state index is 12.6. The van der Waals surface area contributed by atoms with Crippen LogP contribution in [-0.4, -0.2) is 73.3 Å². The lowest BCUT2D eigenvalue weighted by Crippen LogP contribution is -2.52. The number of carbonyl (C=O) groups is 1. The zero-order valence-electron chi connectivity index (χ0n) is 14.1. The van der Waals surface area contributed by atoms with E-state index in [0.717, 1.165) is 51.4 Å². The van der Waals surface area contributed by atoms with Crippen LogP contribution in [0.4, 0.5) is 0 Å². The van der Waals surface area contributed by atoms with Crippen molar-refractivity contribution in [2.75, 3.05) is 39.4 Å². The van der Waals surface area contributed by atoms with E-state index in [1.54, 1.807) is 0 Å². The van der Waals surface area contributed by atoms with Crippen LogP contribution in [-0.2, 0) is 20.7 Å². The van der Waals surface area contributed by atoms with Gasteiger partial charge in [-0.05, 0) is 18.4 Å². The van der Waals surface area contributed by atoms with E-state index in [1.165, 1.54) is 6.42 Å². The Bertz CT molecular complexity index is 559. The van der Waals surface area contributed by atoms with Gasteiger partial charge >= 0.3 is 0 Å². The first-order valence-corrected chi connectivity index (χ1v) is 9.08. The van der Waals surface area contributed by atoms with Crippen LogP contribution in [0.15, 0.2) is 30.3 Å². The molecule has 0 aromatic heterocycles. The number of hydrogen-bond donors (Lipinski definition) is 0. The summed E-state index contributed by atoms with van der Waals surface area (Å²) in [5.41, 5.74) is 1.08. The van der Waals surface area contributed by atoms with Crippen LogP contribution in [0.3, 0.4) is 0 Å². The molecular weight excluding hydrogens is 304 g/mol. The van der Waals surface area contributed by atoms with Crippen LogP contribution in [0.5, 0.6) is 0 Å². The highest BCUT2D eigenvalue weighted by atomic mass is 16.5. The van der Waals surface area contributed by atoms with Gasteiger partial charge in [0.1, 0.15) is 0 Å². The lowest BCUT2D eigenvalue weighted by molar-refractivity contribution is -0.129. The Kier molecular flexibility index (Phi) is 4.83. The number of ether oxygens (including phenoxy) is 2. The predicted molar refractivity (Wildman–Crippen MR) is 90.8 cm³/mol. The highest BCUT2D eigenvalue weighted by Gasteiger charge is 2.42. The van der Waals surface area contributed by atoms with Crippen molar-refractivity contribution >= 4 is 5.91 Å². The molecule has 0 spiro atoms. The molecule has 4 rings (SSSR count). The van der Waals surface area contributed by atoms with E-state index in [2.05, 4.69) is 4.90 Å². The minimum absolute atomic E-state index is 0.153. The summed E-state index contributed by atoms with van der Waals surface area (Å²) in [7, 11) is 0. The predicted octanol–water partition coefficient (Wildman–Crippen LogP) is 1.32. The molecule has 1 unspecified atom stereocenters. The number of rotatable bonds is 4. The van der Waals surface area contributed by atoms with Gasteiger partial charge in [0, 0.05) is 32.8 Å². The van der Waals surface area contributed by atoms with Crippen molar-refractivity contribution in [2.45, 2.75) is 37.5 Å². The highest BCUT2D eigenvalue weighted by molar-refractivity contribution is 5.79. The smallest absolute Gasteiger partial charge is 0.227 e. The molecule has 0 aliphatic carbocycles.